The van der Waals surface area contributed by atoms with E-state index in [9.17, 15) is 13.2 Å². The first kappa shape index (κ1) is 31.7. The summed E-state index contributed by atoms with van der Waals surface area (Å²) in [6.07, 6.45) is 5.13. The molecule has 1 aromatic heterocycles. The van der Waals surface area contributed by atoms with Crippen LogP contribution in [0.5, 0.6) is 5.75 Å². The number of carbonyl (C=O) groups excluding carboxylic acids is 1. The molecule has 0 fully saturated rings. The van der Waals surface area contributed by atoms with E-state index in [0.717, 1.165) is 53.5 Å². The van der Waals surface area contributed by atoms with E-state index in [1.54, 1.807) is 12.3 Å². The van der Waals surface area contributed by atoms with Crippen LogP contribution in [0.4, 0.5) is 0 Å². The molecule has 0 spiro atoms. The Morgan fingerprint density at radius 3 is 2.43 bits per heavy atom. The van der Waals surface area contributed by atoms with Crippen molar-refractivity contribution in [1.29, 1.82) is 0 Å². The molecule has 1 heterocycles. The van der Waals surface area contributed by atoms with Crippen LogP contribution in [0.15, 0.2) is 59.8 Å². The summed E-state index contributed by atoms with van der Waals surface area (Å²) in [6.45, 7) is 13.9. The van der Waals surface area contributed by atoms with Crippen LogP contribution >= 0.6 is 0 Å². The molecular weight excluding hydrogens is 548 g/mol. The molecule has 1 aliphatic rings. The molecule has 0 amide bonds. The average molecular weight is 593 g/mol. The quantitative estimate of drug-likeness (QED) is 0.225. The average Bonchev–Trinajstić information content (AvgIpc) is 3.11. The summed E-state index contributed by atoms with van der Waals surface area (Å²) >= 11 is 0. The third-order valence-electron chi connectivity index (χ3n) is 7.33. The first-order valence-electron chi connectivity index (χ1n) is 14.6. The minimum atomic E-state index is -3.68. The van der Waals surface area contributed by atoms with Crippen molar-refractivity contribution in [2.45, 2.75) is 96.2 Å². The largest absolute Gasteiger partial charge is 0.482 e. The van der Waals surface area contributed by atoms with Gasteiger partial charge in [-0.1, -0.05) is 63.1 Å². The summed E-state index contributed by atoms with van der Waals surface area (Å²) in [5.74, 6) is -0.0200. The third kappa shape index (κ3) is 8.19. The van der Waals surface area contributed by atoms with Gasteiger partial charge in [0.2, 0.25) is 9.84 Å². The van der Waals surface area contributed by atoms with Crippen LogP contribution in [0.3, 0.4) is 0 Å². The Morgan fingerprint density at radius 1 is 1.00 bits per heavy atom. The van der Waals surface area contributed by atoms with Gasteiger partial charge in [-0.3, -0.25) is 5.32 Å². The number of rotatable bonds is 8. The Bertz CT molecular complexity index is 1520. The fraction of sp³-hybridized carbons (Fsp3) is 0.471. The fourth-order valence-corrected chi connectivity index (χ4v) is 6.30. The highest BCUT2D eigenvalue weighted by Crippen LogP contribution is 2.35. The van der Waals surface area contributed by atoms with Crippen molar-refractivity contribution in [3.8, 4) is 16.9 Å². The molecule has 1 atom stereocenters. The van der Waals surface area contributed by atoms with E-state index in [2.05, 4.69) is 56.2 Å². The second-order valence-electron chi connectivity index (χ2n) is 13.2. The van der Waals surface area contributed by atoms with Gasteiger partial charge in [-0.25, -0.2) is 18.2 Å². The Labute approximate surface area is 251 Å². The van der Waals surface area contributed by atoms with Crippen molar-refractivity contribution in [2.75, 3.05) is 12.5 Å². The molecule has 42 heavy (non-hydrogen) atoms. The molecule has 4 rings (SSSR count). The highest BCUT2D eigenvalue weighted by atomic mass is 32.2. The monoisotopic (exact) mass is 592 g/mol. The van der Waals surface area contributed by atoms with E-state index in [1.807, 2.05) is 45.0 Å². The lowest BCUT2D eigenvalue weighted by molar-refractivity contribution is -0.157. The maximum Gasteiger partial charge on any atom is 0.344 e. The molecule has 7 nitrogen and oxygen atoms in total. The van der Waals surface area contributed by atoms with Crippen LogP contribution in [-0.4, -0.2) is 37.5 Å². The zero-order chi connectivity index (χ0) is 30.7. The number of hydrogen-bond acceptors (Lipinski definition) is 7. The zero-order valence-electron chi connectivity index (χ0n) is 25.9. The SMILES string of the molecule is Cc1cc(-c2ccc(S(=O)(=O)CNC3CCCCc4c(OCC(=O)OC(C)(C)C)cccc43)nc2)cc(C(C)(C)C)c1. The van der Waals surface area contributed by atoms with Crippen LogP contribution < -0.4 is 10.1 Å². The van der Waals surface area contributed by atoms with Crippen molar-refractivity contribution in [2.24, 2.45) is 0 Å². The Hall–Kier alpha value is -3.23. The lowest BCUT2D eigenvalue weighted by Gasteiger charge is -2.22. The fourth-order valence-electron chi connectivity index (χ4n) is 5.24. The van der Waals surface area contributed by atoms with Gasteiger partial charge in [0.1, 0.15) is 17.2 Å². The Balaban J connectivity index is 1.47. The summed E-state index contributed by atoms with van der Waals surface area (Å²) in [5, 5.41) is 3.33. The van der Waals surface area contributed by atoms with Crippen LogP contribution in [0.2, 0.25) is 0 Å². The van der Waals surface area contributed by atoms with Gasteiger partial charge < -0.3 is 9.47 Å². The van der Waals surface area contributed by atoms with Gasteiger partial charge in [-0.15, -0.1) is 0 Å². The summed E-state index contributed by atoms with van der Waals surface area (Å²) in [7, 11) is -3.68. The van der Waals surface area contributed by atoms with Gasteiger partial charge in [-0.05, 0) is 92.8 Å². The zero-order valence-corrected chi connectivity index (χ0v) is 26.7. The Kier molecular flexibility index (Phi) is 9.48. The van der Waals surface area contributed by atoms with Gasteiger partial charge in [0.25, 0.3) is 0 Å². The van der Waals surface area contributed by atoms with Gasteiger partial charge in [0, 0.05) is 17.8 Å². The van der Waals surface area contributed by atoms with E-state index < -0.39 is 21.4 Å². The van der Waals surface area contributed by atoms with Gasteiger partial charge in [-0.2, -0.15) is 0 Å². The summed E-state index contributed by atoms with van der Waals surface area (Å²) in [5.41, 5.74) is 5.71. The number of nitrogens with zero attached hydrogens (tertiary/aromatic N) is 1. The number of aromatic nitrogens is 1. The predicted octanol–water partition coefficient (Wildman–Crippen LogP) is 6.86. The first-order chi connectivity index (χ1) is 19.6. The molecular formula is C34H44N2O5S. The van der Waals surface area contributed by atoms with E-state index in [1.165, 1.54) is 5.56 Å². The molecule has 3 aromatic rings. The van der Waals surface area contributed by atoms with Crippen molar-refractivity contribution in [3.05, 3.63) is 77.0 Å². The molecule has 0 saturated carbocycles. The highest BCUT2D eigenvalue weighted by molar-refractivity contribution is 7.91. The maximum atomic E-state index is 13.3. The van der Waals surface area contributed by atoms with E-state index in [4.69, 9.17) is 9.47 Å². The second-order valence-corrected chi connectivity index (χ2v) is 15.1. The standard InChI is InChI=1S/C34H44N2O5S/c1-23-17-25(19-26(18-23)33(2,3)4)24-15-16-31(35-20-24)42(38,39)22-36-29-13-9-8-11-28-27(29)12-10-14-30(28)40-21-32(37)41-34(5,6)7/h10,12,14-20,29,36H,8-9,11,13,21-22H2,1-7H3. The number of ether oxygens (including phenoxy) is 2. The smallest absolute Gasteiger partial charge is 0.344 e. The molecule has 226 valence electrons. The molecule has 1 unspecified atom stereocenters. The predicted molar refractivity (Wildman–Crippen MR) is 166 cm³/mol. The minimum absolute atomic E-state index is 0.00471. The van der Waals surface area contributed by atoms with Crippen molar-refractivity contribution < 1.29 is 22.7 Å². The number of nitrogens with one attached hydrogen (secondary N) is 1. The topological polar surface area (TPSA) is 94.6 Å². The van der Waals surface area contributed by atoms with Crippen LogP contribution in [0.25, 0.3) is 11.1 Å². The number of aryl methyl sites for hydroxylation is 1. The van der Waals surface area contributed by atoms with E-state index >= 15 is 0 Å². The molecule has 1 N–H and O–H groups in total. The lowest BCUT2D eigenvalue weighted by atomic mass is 9.84. The summed E-state index contributed by atoms with van der Waals surface area (Å²) in [6, 6.07) is 15.4. The van der Waals surface area contributed by atoms with Crippen LogP contribution in [0.1, 0.15) is 89.1 Å². The highest BCUT2D eigenvalue weighted by Gasteiger charge is 2.25. The second kappa shape index (κ2) is 12.6. The number of fused-ring (bicyclic) bond motifs is 1. The van der Waals surface area contributed by atoms with Crippen molar-refractivity contribution in [3.63, 3.8) is 0 Å². The van der Waals surface area contributed by atoms with Crippen LogP contribution in [-0.2, 0) is 31.2 Å². The number of carbonyl (C=O) groups is 1. The number of pyridine rings is 1. The van der Waals surface area contributed by atoms with E-state index in [-0.39, 0.29) is 29.0 Å². The number of esters is 1. The van der Waals surface area contributed by atoms with Gasteiger partial charge in [0.05, 0.1) is 0 Å². The number of sulfone groups is 1. The van der Waals surface area contributed by atoms with Crippen molar-refractivity contribution in [1.82, 2.24) is 10.3 Å². The molecule has 0 bridgehead atoms. The molecule has 8 heteroatoms. The normalized spacial score (nSPS) is 15.9. The molecule has 0 aliphatic heterocycles. The van der Waals surface area contributed by atoms with Gasteiger partial charge >= 0.3 is 5.97 Å². The Morgan fingerprint density at radius 2 is 1.76 bits per heavy atom. The maximum absolute atomic E-state index is 13.3. The summed E-state index contributed by atoms with van der Waals surface area (Å²) in [4.78, 5) is 16.6. The molecule has 0 radical (unpaired) electrons. The lowest BCUT2D eigenvalue weighted by Crippen LogP contribution is -2.29. The number of benzene rings is 2. The third-order valence-corrected chi connectivity index (χ3v) is 8.76. The van der Waals surface area contributed by atoms with Crippen molar-refractivity contribution >= 4 is 15.8 Å². The van der Waals surface area contributed by atoms with Gasteiger partial charge in [0.15, 0.2) is 11.6 Å². The summed E-state index contributed by atoms with van der Waals surface area (Å²) < 4.78 is 37.9. The first-order valence-corrected chi connectivity index (χ1v) is 16.3. The van der Waals surface area contributed by atoms with Crippen LogP contribution in [0, 0.1) is 6.92 Å². The molecule has 2 aromatic carbocycles. The molecule has 0 saturated heterocycles. The minimum Gasteiger partial charge on any atom is -0.482 e. The van der Waals surface area contributed by atoms with E-state index in [0.29, 0.717) is 5.75 Å². The molecule has 1 aliphatic carbocycles. The number of hydrogen-bond donors (Lipinski definition) is 1.